The number of hydrogen-bond donors (Lipinski definition) is 2. The third kappa shape index (κ3) is 4.49. The molecule has 0 bridgehead atoms. The summed E-state index contributed by atoms with van der Waals surface area (Å²) in [5, 5.41) is 13.1. The van der Waals surface area contributed by atoms with Gasteiger partial charge in [0, 0.05) is 6.54 Å². The van der Waals surface area contributed by atoms with Gasteiger partial charge in [0.25, 0.3) is 0 Å². The Bertz CT molecular complexity index is 224. The molecule has 2 N–H and O–H groups in total. The van der Waals surface area contributed by atoms with Crippen LogP contribution < -0.4 is 5.32 Å². The normalized spacial score (nSPS) is 17.3. The molecular formula is C12H25NO3. The summed E-state index contributed by atoms with van der Waals surface area (Å²) in [5.41, 5.74) is -0.818. The summed E-state index contributed by atoms with van der Waals surface area (Å²) < 4.78 is 4.72. The Hall–Kier alpha value is -0.610. The summed E-state index contributed by atoms with van der Waals surface area (Å²) in [7, 11) is 1.37. The molecule has 0 saturated carbocycles. The molecule has 2 unspecified atom stereocenters. The van der Waals surface area contributed by atoms with Crippen LogP contribution in [-0.2, 0) is 9.53 Å². The Kier molecular flexibility index (Phi) is 5.97. The lowest BCUT2D eigenvalue weighted by molar-refractivity contribution is -0.144. The first-order valence-corrected chi connectivity index (χ1v) is 5.76. The predicted octanol–water partition coefficient (Wildman–Crippen LogP) is 1.18. The van der Waals surface area contributed by atoms with E-state index < -0.39 is 5.60 Å². The van der Waals surface area contributed by atoms with Crippen molar-refractivity contribution in [3.8, 4) is 0 Å². The third-order valence-corrected chi connectivity index (χ3v) is 3.05. The monoisotopic (exact) mass is 231 g/mol. The van der Waals surface area contributed by atoms with E-state index in [1.54, 1.807) is 6.92 Å². The van der Waals surface area contributed by atoms with Crippen LogP contribution in [0.15, 0.2) is 0 Å². The van der Waals surface area contributed by atoms with Crippen molar-refractivity contribution in [2.75, 3.05) is 13.7 Å². The van der Waals surface area contributed by atoms with E-state index in [0.717, 1.165) is 0 Å². The molecule has 0 spiro atoms. The van der Waals surface area contributed by atoms with Gasteiger partial charge in [0.2, 0.25) is 0 Å². The lowest BCUT2D eigenvalue weighted by Gasteiger charge is -2.30. The quantitative estimate of drug-likeness (QED) is 0.674. The Morgan fingerprint density at radius 1 is 1.38 bits per heavy atom. The van der Waals surface area contributed by atoms with Gasteiger partial charge in [0.05, 0.1) is 12.7 Å². The van der Waals surface area contributed by atoms with E-state index in [9.17, 15) is 9.90 Å². The van der Waals surface area contributed by atoms with E-state index in [1.165, 1.54) is 7.11 Å². The molecule has 0 saturated heterocycles. The van der Waals surface area contributed by atoms with Crippen LogP contribution in [0.25, 0.3) is 0 Å². The SMILES string of the molecule is COC(=O)C(NCC(C)(O)C(C)C)C(C)C. The fraction of sp³-hybridized carbons (Fsp3) is 0.917. The molecule has 96 valence electrons. The second-order valence-electron chi connectivity index (χ2n) is 5.14. The highest BCUT2D eigenvalue weighted by atomic mass is 16.5. The number of carbonyl (C=O) groups is 1. The molecule has 0 rings (SSSR count). The third-order valence-electron chi connectivity index (χ3n) is 3.05. The zero-order valence-corrected chi connectivity index (χ0v) is 11.2. The second kappa shape index (κ2) is 6.21. The maximum absolute atomic E-state index is 11.5. The Morgan fingerprint density at radius 3 is 2.19 bits per heavy atom. The van der Waals surface area contributed by atoms with Crippen molar-refractivity contribution < 1.29 is 14.6 Å². The summed E-state index contributed by atoms with van der Waals surface area (Å²) in [5.74, 6) is -0.0181. The molecule has 0 aliphatic carbocycles. The number of esters is 1. The first kappa shape index (κ1) is 15.4. The molecule has 0 heterocycles. The number of hydrogen-bond acceptors (Lipinski definition) is 4. The maximum atomic E-state index is 11.5. The fourth-order valence-corrected chi connectivity index (χ4v) is 1.24. The van der Waals surface area contributed by atoms with Crippen LogP contribution >= 0.6 is 0 Å². The Balaban J connectivity index is 4.39. The highest BCUT2D eigenvalue weighted by Crippen LogP contribution is 2.15. The number of ether oxygens (including phenoxy) is 1. The van der Waals surface area contributed by atoms with Gasteiger partial charge < -0.3 is 15.2 Å². The first-order chi connectivity index (χ1) is 7.22. The fourth-order valence-electron chi connectivity index (χ4n) is 1.24. The molecule has 0 aromatic carbocycles. The number of nitrogens with one attached hydrogen (secondary N) is 1. The van der Waals surface area contributed by atoms with Crippen molar-refractivity contribution in [3.63, 3.8) is 0 Å². The molecule has 4 nitrogen and oxygen atoms in total. The van der Waals surface area contributed by atoms with Gasteiger partial charge in [-0.2, -0.15) is 0 Å². The Labute approximate surface area is 98.4 Å². The molecular weight excluding hydrogens is 206 g/mol. The van der Waals surface area contributed by atoms with E-state index in [1.807, 2.05) is 27.7 Å². The van der Waals surface area contributed by atoms with Crippen molar-refractivity contribution in [3.05, 3.63) is 0 Å². The Morgan fingerprint density at radius 2 is 1.88 bits per heavy atom. The molecule has 4 heteroatoms. The van der Waals surface area contributed by atoms with Crippen LogP contribution in [0.5, 0.6) is 0 Å². The topological polar surface area (TPSA) is 58.6 Å². The lowest BCUT2D eigenvalue weighted by atomic mass is 9.91. The number of methoxy groups -OCH3 is 1. The average Bonchev–Trinajstić information content (AvgIpc) is 2.16. The molecule has 0 aliphatic heterocycles. The van der Waals surface area contributed by atoms with Crippen molar-refractivity contribution in [1.82, 2.24) is 5.32 Å². The summed E-state index contributed by atoms with van der Waals surface area (Å²) >= 11 is 0. The largest absolute Gasteiger partial charge is 0.468 e. The first-order valence-electron chi connectivity index (χ1n) is 5.76. The smallest absolute Gasteiger partial charge is 0.323 e. The highest BCUT2D eigenvalue weighted by molar-refractivity contribution is 5.75. The van der Waals surface area contributed by atoms with Gasteiger partial charge in [0.1, 0.15) is 6.04 Å². The zero-order valence-electron chi connectivity index (χ0n) is 11.2. The summed E-state index contributed by atoms with van der Waals surface area (Å²) in [4.78, 5) is 11.5. The van der Waals surface area contributed by atoms with Crippen LogP contribution in [0, 0.1) is 11.8 Å². The molecule has 0 fully saturated rings. The van der Waals surface area contributed by atoms with Gasteiger partial charge in [-0.15, -0.1) is 0 Å². The summed E-state index contributed by atoms with van der Waals surface area (Å²) in [6.07, 6.45) is 0. The minimum absolute atomic E-state index is 0.130. The average molecular weight is 231 g/mol. The molecule has 0 aliphatic rings. The maximum Gasteiger partial charge on any atom is 0.323 e. The van der Waals surface area contributed by atoms with Crippen LogP contribution in [0.1, 0.15) is 34.6 Å². The zero-order chi connectivity index (χ0) is 12.9. The highest BCUT2D eigenvalue weighted by Gasteiger charge is 2.29. The van der Waals surface area contributed by atoms with Crippen molar-refractivity contribution >= 4 is 5.97 Å². The van der Waals surface area contributed by atoms with Crippen molar-refractivity contribution in [1.29, 1.82) is 0 Å². The molecule has 0 aromatic heterocycles. The minimum Gasteiger partial charge on any atom is -0.468 e. The second-order valence-corrected chi connectivity index (χ2v) is 5.14. The number of carbonyl (C=O) groups excluding carboxylic acids is 1. The van der Waals surface area contributed by atoms with Gasteiger partial charge in [-0.1, -0.05) is 27.7 Å². The van der Waals surface area contributed by atoms with E-state index in [0.29, 0.717) is 6.54 Å². The minimum atomic E-state index is -0.818. The number of rotatable bonds is 6. The van der Waals surface area contributed by atoms with E-state index in [2.05, 4.69) is 5.32 Å². The molecule has 2 atom stereocenters. The molecule has 16 heavy (non-hydrogen) atoms. The van der Waals surface area contributed by atoms with Crippen molar-refractivity contribution in [2.45, 2.75) is 46.3 Å². The molecule has 0 aromatic rings. The van der Waals surface area contributed by atoms with Crippen LogP contribution in [0.4, 0.5) is 0 Å². The number of aliphatic hydroxyl groups is 1. The molecule has 0 amide bonds. The van der Waals surface area contributed by atoms with Gasteiger partial charge in [-0.05, 0) is 18.8 Å². The predicted molar refractivity (Wildman–Crippen MR) is 64.1 cm³/mol. The van der Waals surface area contributed by atoms with E-state index >= 15 is 0 Å². The van der Waals surface area contributed by atoms with Gasteiger partial charge in [-0.25, -0.2) is 0 Å². The lowest BCUT2D eigenvalue weighted by Crippen LogP contribution is -2.50. The van der Waals surface area contributed by atoms with Crippen LogP contribution in [0.2, 0.25) is 0 Å². The summed E-state index contributed by atoms with van der Waals surface area (Å²) in [6, 6.07) is -0.366. The van der Waals surface area contributed by atoms with Gasteiger partial charge in [-0.3, -0.25) is 4.79 Å². The standard InChI is InChI=1S/C12H25NO3/c1-8(2)10(11(14)16-6)13-7-12(5,15)9(3)4/h8-10,13,15H,7H2,1-6H3. The molecule has 0 radical (unpaired) electrons. The van der Waals surface area contributed by atoms with E-state index in [4.69, 9.17) is 4.74 Å². The van der Waals surface area contributed by atoms with Crippen LogP contribution in [0.3, 0.4) is 0 Å². The van der Waals surface area contributed by atoms with E-state index in [-0.39, 0.29) is 23.8 Å². The van der Waals surface area contributed by atoms with Crippen molar-refractivity contribution in [2.24, 2.45) is 11.8 Å². The summed E-state index contributed by atoms with van der Waals surface area (Å²) in [6.45, 7) is 9.92. The van der Waals surface area contributed by atoms with Crippen LogP contribution in [-0.4, -0.2) is 36.4 Å². The van der Waals surface area contributed by atoms with Gasteiger partial charge in [0.15, 0.2) is 0 Å². The van der Waals surface area contributed by atoms with Gasteiger partial charge >= 0.3 is 5.97 Å².